The molecule has 2 unspecified atom stereocenters. The largest absolute Gasteiger partial charge is 0.400 e. The van der Waals surface area contributed by atoms with Crippen LogP contribution in [0.1, 0.15) is 45.2 Å². The molecule has 17 nitrogen and oxygen atoms in total. The van der Waals surface area contributed by atoms with E-state index in [9.17, 15) is 22.1 Å². The molecule has 1 aromatic heterocycles. The maximum Gasteiger partial charge on any atom is 0.186 e. The Morgan fingerprint density at radius 3 is 1.82 bits per heavy atom. The van der Waals surface area contributed by atoms with E-state index in [-0.39, 0.29) is 36.0 Å². The molecule has 342 valence electrons. The van der Waals surface area contributed by atoms with Gasteiger partial charge < -0.3 is 35.5 Å². The molecule has 3 aromatic rings. The molecule has 3 rings (SSSR count). The molecule has 20 heteroatoms. The minimum Gasteiger partial charge on any atom is -0.400 e. The van der Waals surface area contributed by atoms with Crippen molar-refractivity contribution in [1.29, 1.82) is 5.26 Å². The fourth-order valence-electron chi connectivity index (χ4n) is 3.96. The van der Waals surface area contributed by atoms with Crippen molar-refractivity contribution in [3.63, 3.8) is 0 Å². The van der Waals surface area contributed by atoms with E-state index >= 15 is 0 Å². The van der Waals surface area contributed by atoms with E-state index in [2.05, 4.69) is 61.2 Å². The van der Waals surface area contributed by atoms with Crippen molar-refractivity contribution in [2.24, 2.45) is 26.2 Å². The molecule has 0 radical (unpaired) electrons. The van der Waals surface area contributed by atoms with Crippen LogP contribution in [-0.4, -0.2) is 96.5 Å². The number of nitrogens with one attached hydrogen (secondary N) is 2. The molecule has 0 fully saturated rings. The highest BCUT2D eigenvalue weighted by molar-refractivity contribution is 8.02. The SMILES string of the molecule is C/C=C\C(N)=C/C.C=CS(=C)(C)=O.C=CS(=O)(=O)CCOCCNc1nc(NCCCOC)c(N=Nc2ccc(N=Nc3ccc(S(=O)O)cc3)cc2)c(C)c1C#N.CC.CO. The fourth-order valence-corrected chi connectivity index (χ4v) is 4.84. The standard InChI is InChI=1S/C29H34N8O6S2.C6H11N.C4H8OS.C2H6.CH4O/c1-4-45(40,41)19-18-43-17-15-32-28-26(20-30)21(2)27(29(33-28)31-14-5-16-42-3)37-36-23-8-6-22(7-9-23)34-35-24-10-12-25(13-11-24)44(38)39;1-3-5-6(7)4-2;1-4-6(2,3)5;2*1-2/h4,6-13H,1,5,14-19H2,2-3H3,(H,38,39)(H2,31,32,33);3-5H,7H2,1-2H3;4H,1-2H2,3H3;1-2H3;2H,1H3/b;5-3-,6-4+;;;. The van der Waals surface area contributed by atoms with Gasteiger partial charge in [0.05, 0.1) is 46.5 Å². The third-order valence-corrected chi connectivity index (χ3v) is 9.75. The number of nitrogens with zero attached hydrogens (tertiary/aromatic N) is 6. The third-order valence-electron chi connectivity index (χ3n) is 7.13. The monoisotopic (exact) mass is 917 g/mol. The summed E-state index contributed by atoms with van der Waals surface area (Å²) in [6.45, 7) is 17.8. The summed E-state index contributed by atoms with van der Waals surface area (Å²) in [5.74, 6) is 3.89. The van der Waals surface area contributed by atoms with Crippen molar-refractivity contribution in [3.8, 4) is 6.07 Å². The number of aromatic nitrogens is 1. The molecule has 0 spiro atoms. The summed E-state index contributed by atoms with van der Waals surface area (Å²) in [5, 5.41) is 42.6. The number of pyridine rings is 1. The van der Waals surface area contributed by atoms with Gasteiger partial charge in [-0.15, -0.1) is 5.11 Å². The number of anilines is 2. The summed E-state index contributed by atoms with van der Waals surface area (Å²) in [4.78, 5) is 4.88. The molecule has 2 atom stereocenters. The first-order valence-corrected chi connectivity index (χ1v) is 24.0. The molecule has 0 saturated heterocycles. The first-order chi connectivity index (χ1) is 29.5. The van der Waals surface area contributed by atoms with Crippen molar-refractivity contribution in [2.45, 2.75) is 45.9 Å². The number of methoxy groups -OCH3 is 1. The van der Waals surface area contributed by atoms with Gasteiger partial charge in [0.1, 0.15) is 17.6 Å². The molecule has 0 aliphatic heterocycles. The van der Waals surface area contributed by atoms with E-state index in [0.29, 0.717) is 59.5 Å². The molecule has 0 saturated carbocycles. The van der Waals surface area contributed by atoms with Crippen molar-refractivity contribution in [3.05, 3.63) is 108 Å². The zero-order chi connectivity index (χ0) is 47.6. The smallest absolute Gasteiger partial charge is 0.186 e. The maximum atomic E-state index is 11.5. The lowest BCUT2D eigenvalue weighted by Crippen LogP contribution is -2.16. The zero-order valence-corrected chi connectivity index (χ0v) is 39.4. The summed E-state index contributed by atoms with van der Waals surface area (Å²) in [5.41, 5.74) is 9.05. The molecule has 6 N–H and O–H groups in total. The van der Waals surface area contributed by atoms with E-state index in [1.165, 1.54) is 17.5 Å². The van der Waals surface area contributed by atoms with Crippen molar-refractivity contribution in [1.82, 2.24) is 4.98 Å². The number of nitrogens with two attached hydrogens (primary N) is 1. The summed E-state index contributed by atoms with van der Waals surface area (Å²) < 4.78 is 64.1. The third kappa shape index (κ3) is 26.0. The van der Waals surface area contributed by atoms with E-state index in [1.54, 1.807) is 56.7 Å². The average molecular weight is 918 g/mol. The number of nitriles is 1. The van der Waals surface area contributed by atoms with Crippen LogP contribution in [0.4, 0.5) is 34.4 Å². The molecular weight excluding hydrogens is 855 g/mol. The number of hydrogen-bond acceptors (Lipinski definition) is 16. The number of azo groups is 2. The van der Waals surface area contributed by atoms with Gasteiger partial charge in [-0.3, -0.25) is 4.21 Å². The van der Waals surface area contributed by atoms with E-state index < -0.39 is 30.4 Å². The Morgan fingerprint density at radius 2 is 1.40 bits per heavy atom. The van der Waals surface area contributed by atoms with E-state index in [0.717, 1.165) is 18.2 Å². The second-order valence-corrected chi connectivity index (χ2v) is 17.3. The van der Waals surface area contributed by atoms with Crippen LogP contribution in [0.15, 0.2) is 122 Å². The lowest BCUT2D eigenvalue weighted by molar-refractivity contribution is 0.159. The molecule has 0 amide bonds. The van der Waals surface area contributed by atoms with Gasteiger partial charge in [-0.2, -0.15) is 20.6 Å². The number of ether oxygens (including phenoxy) is 2. The minimum absolute atomic E-state index is 0.0202. The second kappa shape index (κ2) is 34.2. The predicted molar refractivity (Wildman–Crippen MR) is 256 cm³/mol. The lowest BCUT2D eigenvalue weighted by atomic mass is 10.1. The Hall–Kier alpha value is -5.40. The van der Waals surface area contributed by atoms with Gasteiger partial charge in [0.15, 0.2) is 26.7 Å². The summed E-state index contributed by atoms with van der Waals surface area (Å²) in [6.07, 6.45) is 7.88. The predicted octanol–water partition coefficient (Wildman–Crippen LogP) is 8.64. The molecule has 0 aliphatic carbocycles. The van der Waals surface area contributed by atoms with Gasteiger partial charge in [-0.05, 0) is 103 Å². The van der Waals surface area contributed by atoms with Gasteiger partial charge in [-0.1, -0.05) is 39.2 Å². The molecule has 0 bridgehead atoms. The van der Waals surface area contributed by atoms with Crippen molar-refractivity contribution < 1.29 is 36.0 Å². The highest BCUT2D eigenvalue weighted by Gasteiger charge is 2.17. The second-order valence-electron chi connectivity index (χ2n) is 11.8. The fraction of sp³-hybridized carbons (Fsp3) is 0.357. The number of hydrogen-bond donors (Lipinski definition) is 5. The van der Waals surface area contributed by atoms with Crippen LogP contribution >= 0.6 is 0 Å². The van der Waals surface area contributed by atoms with Crippen molar-refractivity contribution >= 4 is 70.7 Å². The number of aliphatic hydroxyl groups excluding tert-OH is 1. The molecule has 1 heterocycles. The number of benzene rings is 2. The Bertz CT molecular complexity index is 2180. The van der Waals surface area contributed by atoms with Gasteiger partial charge in [-0.25, -0.2) is 17.6 Å². The topological polar surface area (TPSA) is 263 Å². The quantitative estimate of drug-likeness (QED) is 0.0234. The molecular formula is C42H63N9O8S3. The Balaban J connectivity index is 0. The first-order valence-electron chi connectivity index (χ1n) is 19.0. The number of allylic oxidation sites excluding steroid dienone is 3. The van der Waals surface area contributed by atoms with Crippen molar-refractivity contribution in [2.75, 3.05) is 69.8 Å². The van der Waals surface area contributed by atoms with Gasteiger partial charge >= 0.3 is 0 Å². The van der Waals surface area contributed by atoms with Crippen LogP contribution in [-0.2, 0) is 39.9 Å². The van der Waals surface area contributed by atoms with Crippen LogP contribution in [0.5, 0.6) is 0 Å². The Labute approximate surface area is 370 Å². The first kappa shape index (κ1) is 58.7. The molecule has 2 aromatic carbocycles. The summed E-state index contributed by atoms with van der Waals surface area (Å²) in [6, 6.07) is 15.2. The number of aliphatic hydroxyl groups is 1. The van der Waals surface area contributed by atoms with Crippen LogP contribution < -0.4 is 16.4 Å². The maximum absolute atomic E-state index is 11.5. The van der Waals surface area contributed by atoms with Crippen LogP contribution in [0.25, 0.3) is 0 Å². The minimum atomic E-state index is -3.34. The summed E-state index contributed by atoms with van der Waals surface area (Å²) in [7, 11) is -2.62. The van der Waals surface area contributed by atoms with Crippen LogP contribution in [0.2, 0.25) is 0 Å². The van der Waals surface area contributed by atoms with E-state index in [4.69, 9.17) is 24.9 Å². The number of rotatable bonds is 20. The Morgan fingerprint density at radius 1 is 0.903 bits per heavy atom. The normalized spacial score (nSPS) is 12.4. The van der Waals surface area contributed by atoms with Gasteiger partial charge in [0.25, 0.3) is 0 Å². The summed E-state index contributed by atoms with van der Waals surface area (Å²) >= 11 is -2.06. The van der Waals surface area contributed by atoms with Crippen LogP contribution in [0.3, 0.4) is 0 Å². The molecule has 62 heavy (non-hydrogen) atoms. The zero-order valence-electron chi connectivity index (χ0n) is 36.9. The Kier molecular flexibility index (Phi) is 32.4. The highest BCUT2D eigenvalue weighted by atomic mass is 32.2. The average Bonchev–Trinajstić information content (AvgIpc) is 3.27. The highest BCUT2D eigenvalue weighted by Crippen LogP contribution is 2.35. The van der Waals surface area contributed by atoms with Gasteiger partial charge in [0, 0.05) is 56.8 Å². The number of sulfone groups is 1. The van der Waals surface area contributed by atoms with Crippen LogP contribution in [0, 0.1) is 18.3 Å². The van der Waals surface area contributed by atoms with E-state index in [1.807, 2.05) is 45.9 Å². The van der Waals surface area contributed by atoms with Gasteiger partial charge in [0.2, 0.25) is 0 Å². The lowest BCUT2D eigenvalue weighted by Gasteiger charge is -2.15. The molecule has 0 aliphatic rings.